The summed E-state index contributed by atoms with van der Waals surface area (Å²) in [6.07, 6.45) is 6.39. The number of rotatable bonds is 4. The molecule has 0 saturated carbocycles. The van der Waals surface area contributed by atoms with Crippen molar-refractivity contribution in [3.8, 4) is 0 Å². The number of nitrogens with one attached hydrogen (secondary N) is 1. The lowest BCUT2D eigenvalue weighted by Crippen LogP contribution is -2.37. The van der Waals surface area contributed by atoms with Crippen molar-refractivity contribution in [2.45, 2.75) is 25.8 Å². The second-order valence-corrected chi connectivity index (χ2v) is 7.03. The molecule has 0 amide bonds. The van der Waals surface area contributed by atoms with Crippen LogP contribution in [0.2, 0.25) is 0 Å². The van der Waals surface area contributed by atoms with E-state index in [2.05, 4.69) is 43.4 Å². The topological polar surface area (TPSA) is 80.0 Å². The number of fused-ring (bicyclic) bond motifs is 1. The van der Waals surface area contributed by atoms with E-state index in [-0.39, 0.29) is 0 Å². The summed E-state index contributed by atoms with van der Waals surface area (Å²) in [4.78, 5) is 15.1. The van der Waals surface area contributed by atoms with Gasteiger partial charge in [-0.15, -0.1) is 0 Å². The van der Waals surface area contributed by atoms with Crippen molar-refractivity contribution >= 4 is 28.1 Å². The Hall–Kier alpha value is -2.73. The predicted octanol–water partition coefficient (Wildman–Crippen LogP) is 3.17. The number of pyridine rings is 1. The van der Waals surface area contributed by atoms with Gasteiger partial charge in [0, 0.05) is 42.1 Å². The third-order valence-corrected chi connectivity index (χ3v) is 4.61. The van der Waals surface area contributed by atoms with Gasteiger partial charge in [0.05, 0.1) is 0 Å². The Bertz CT molecular complexity index is 897. The maximum absolute atomic E-state index is 6.42. The highest BCUT2D eigenvalue weighted by Gasteiger charge is 2.23. The van der Waals surface area contributed by atoms with E-state index in [1.807, 2.05) is 26.1 Å². The molecule has 3 heterocycles. The molecule has 1 aromatic carbocycles. The van der Waals surface area contributed by atoms with E-state index in [1.54, 1.807) is 6.20 Å². The number of anilines is 3. The molecule has 3 aromatic rings. The van der Waals surface area contributed by atoms with E-state index in [1.165, 1.54) is 18.4 Å². The molecule has 1 aliphatic rings. The van der Waals surface area contributed by atoms with Gasteiger partial charge in [0.1, 0.15) is 18.0 Å². The Morgan fingerprint density at radius 1 is 1.08 bits per heavy atom. The van der Waals surface area contributed by atoms with Crippen LogP contribution in [-0.4, -0.2) is 28.0 Å². The molecular weight excluding hydrogens is 312 g/mol. The smallest absolute Gasteiger partial charge is 0.134 e. The van der Waals surface area contributed by atoms with Gasteiger partial charge in [-0.3, -0.25) is 0 Å². The highest BCUT2D eigenvalue weighted by atomic mass is 15.2. The molecule has 6 nitrogen and oxygen atoms in total. The first-order valence-electron chi connectivity index (χ1n) is 8.52. The lowest BCUT2D eigenvalue weighted by molar-refractivity contribution is 0.559. The third-order valence-electron chi connectivity index (χ3n) is 4.61. The lowest BCUT2D eigenvalue weighted by Gasteiger charge is -2.35. The Balaban J connectivity index is 1.83. The number of benzene rings is 1. The van der Waals surface area contributed by atoms with Crippen LogP contribution in [0.1, 0.15) is 25.8 Å². The fourth-order valence-corrected chi connectivity index (χ4v) is 3.18. The molecule has 2 aromatic heterocycles. The van der Waals surface area contributed by atoms with Crippen LogP contribution in [-0.2, 0) is 5.54 Å². The van der Waals surface area contributed by atoms with Crippen LogP contribution < -0.4 is 16.0 Å². The highest BCUT2D eigenvalue weighted by Crippen LogP contribution is 2.36. The molecule has 3 N–H and O–H groups in total. The zero-order valence-electron chi connectivity index (χ0n) is 14.5. The summed E-state index contributed by atoms with van der Waals surface area (Å²) in [5.41, 5.74) is 8.33. The molecule has 25 heavy (non-hydrogen) atoms. The molecule has 0 unspecified atom stereocenters. The van der Waals surface area contributed by atoms with Gasteiger partial charge < -0.3 is 16.0 Å². The molecule has 1 aliphatic heterocycles. The van der Waals surface area contributed by atoms with Crippen molar-refractivity contribution in [3.63, 3.8) is 0 Å². The molecule has 0 spiro atoms. The SMILES string of the molecule is CC(C)(N)c1ccc(N2CCC2)c2cnc(Nc3ccncn3)cc12. The molecule has 0 bridgehead atoms. The summed E-state index contributed by atoms with van der Waals surface area (Å²) in [5, 5.41) is 5.51. The largest absolute Gasteiger partial charge is 0.371 e. The van der Waals surface area contributed by atoms with Crippen LogP contribution in [0.15, 0.2) is 43.0 Å². The van der Waals surface area contributed by atoms with E-state index in [0.717, 1.165) is 35.2 Å². The summed E-state index contributed by atoms with van der Waals surface area (Å²) >= 11 is 0. The summed E-state index contributed by atoms with van der Waals surface area (Å²) in [6.45, 7) is 6.26. The molecule has 1 saturated heterocycles. The Labute approximate surface area is 147 Å². The van der Waals surface area contributed by atoms with Gasteiger partial charge in [0.2, 0.25) is 0 Å². The molecule has 6 heteroatoms. The van der Waals surface area contributed by atoms with Gasteiger partial charge in [-0.2, -0.15) is 0 Å². The van der Waals surface area contributed by atoms with E-state index < -0.39 is 5.54 Å². The minimum atomic E-state index is -0.431. The normalized spacial score (nSPS) is 14.4. The number of nitrogens with two attached hydrogens (primary N) is 1. The van der Waals surface area contributed by atoms with Crippen LogP contribution in [0, 0.1) is 0 Å². The van der Waals surface area contributed by atoms with E-state index in [9.17, 15) is 0 Å². The molecule has 0 atom stereocenters. The fraction of sp³-hybridized carbons (Fsp3) is 0.316. The Morgan fingerprint density at radius 3 is 2.56 bits per heavy atom. The number of aromatic nitrogens is 3. The molecule has 1 fully saturated rings. The van der Waals surface area contributed by atoms with Gasteiger partial charge in [-0.05, 0) is 49.4 Å². The van der Waals surface area contributed by atoms with E-state index in [0.29, 0.717) is 5.82 Å². The number of hydrogen-bond acceptors (Lipinski definition) is 6. The van der Waals surface area contributed by atoms with Crippen molar-refractivity contribution < 1.29 is 0 Å². The highest BCUT2D eigenvalue weighted by molar-refractivity contribution is 5.98. The summed E-state index contributed by atoms with van der Waals surface area (Å²) in [7, 11) is 0. The van der Waals surface area contributed by atoms with Crippen molar-refractivity contribution in [2.75, 3.05) is 23.3 Å². The predicted molar refractivity (Wildman–Crippen MR) is 101 cm³/mol. The summed E-state index contributed by atoms with van der Waals surface area (Å²) < 4.78 is 0. The maximum atomic E-state index is 6.42. The summed E-state index contributed by atoms with van der Waals surface area (Å²) in [6, 6.07) is 8.19. The van der Waals surface area contributed by atoms with Gasteiger partial charge in [0.15, 0.2) is 0 Å². The zero-order valence-corrected chi connectivity index (χ0v) is 14.5. The van der Waals surface area contributed by atoms with Crippen LogP contribution in [0.4, 0.5) is 17.3 Å². The Morgan fingerprint density at radius 2 is 1.92 bits per heavy atom. The van der Waals surface area contributed by atoms with Crippen LogP contribution in [0.3, 0.4) is 0 Å². The van der Waals surface area contributed by atoms with Gasteiger partial charge >= 0.3 is 0 Å². The second kappa shape index (κ2) is 5.97. The Kier molecular flexibility index (Phi) is 3.77. The zero-order chi connectivity index (χ0) is 17.4. The van der Waals surface area contributed by atoms with Crippen molar-refractivity contribution in [3.05, 3.63) is 48.5 Å². The molecule has 0 radical (unpaired) electrons. The van der Waals surface area contributed by atoms with Crippen LogP contribution in [0.5, 0.6) is 0 Å². The number of nitrogens with zero attached hydrogens (tertiary/aromatic N) is 4. The van der Waals surface area contributed by atoms with Gasteiger partial charge in [-0.25, -0.2) is 15.0 Å². The second-order valence-electron chi connectivity index (χ2n) is 7.03. The van der Waals surface area contributed by atoms with E-state index >= 15 is 0 Å². The first kappa shape index (κ1) is 15.8. The average Bonchev–Trinajstić information content (AvgIpc) is 2.53. The molecule has 128 valence electrons. The van der Waals surface area contributed by atoms with Crippen LogP contribution >= 0.6 is 0 Å². The van der Waals surface area contributed by atoms with Crippen molar-refractivity contribution in [1.29, 1.82) is 0 Å². The van der Waals surface area contributed by atoms with Gasteiger partial charge in [0.25, 0.3) is 0 Å². The minimum Gasteiger partial charge on any atom is -0.371 e. The molecule has 0 aliphatic carbocycles. The number of hydrogen-bond donors (Lipinski definition) is 2. The minimum absolute atomic E-state index is 0.431. The first-order valence-corrected chi connectivity index (χ1v) is 8.52. The molecular formula is C19H22N6. The third kappa shape index (κ3) is 3.00. The standard InChI is InChI=1S/C19H22N6/c1-19(2,20)15-4-5-16(25-8-3-9-25)14-11-22-18(10-13(14)15)24-17-6-7-21-12-23-17/h4-7,10-12H,3,8-9,20H2,1-2H3,(H,21,22,23,24). The average molecular weight is 334 g/mol. The fourth-order valence-electron chi connectivity index (χ4n) is 3.18. The van der Waals surface area contributed by atoms with Gasteiger partial charge in [-0.1, -0.05) is 6.07 Å². The van der Waals surface area contributed by atoms with Crippen molar-refractivity contribution in [2.24, 2.45) is 5.73 Å². The monoisotopic (exact) mass is 334 g/mol. The lowest BCUT2D eigenvalue weighted by atomic mass is 9.90. The molecule has 4 rings (SSSR count). The quantitative estimate of drug-likeness (QED) is 0.763. The maximum Gasteiger partial charge on any atom is 0.134 e. The van der Waals surface area contributed by atoms with Crippen LogP contribution in [0.25, 0.3) is 10.8 Å². The van der Waals surface area contributed by atoms with E-state index in [4.69, 9.17) is 5.73 Å². The summed E-state index contributed by atoms with van der Waals surface area (Å²) in [5.74, 6) is 1.46. The first-order chi connectivity index (χ1) is 12.0. The van der Waals surface area contributed by atoms with Crippen molar-refractivity contribution in [1.82, 2.24) is 15.0 Å².